The summed E-state index contributed by atoms with van der Waals surface area (Å²) in [5, 5.41) is 6.97. The molecule has 1 aliphatic rings. The molecule has 0 amide bonds. The summed E-state index contributed by atoms with van der Waals surface area (Å²) in [4.78, 5) is 4.68. The molecule has 1 aromatic rings. The third kappa shape index (κ3) is 3.98. The van der Waals surface area contributed by atoms with Crippen molar-refractivity contribution in [1.29, 1.82) is 0 Å². The molecule has 0 bridgehead atoms. The standard InChI is InChI=1S/C15H25N3/c1-10(2)14-7-12(9-16-13-5-6-13)8-15(18-14)17-11(3)4/h7-8,10-11,13,16H,5-6,9H2,1-4H3,(H,17,18). The highest BCUT2D eigenvalue weighted by Gasteiger charge is 2.20. The number of aromatic nitrogens is 1. The van der Waals surface area contributed by atoms with Gasteiger partial charge in [-0.25, -0.2) is 4.98 Å². The summed E-state index contributed by atoms with van der Waals surface area (Å²) in [5.41, 5.74) is 2.51. The highest BCUT2D eigenvalue weighted by molar-refractivity contribution is 5.41. The molecule has 0 aliphatic heterocycles. The van der Waals surface area contributed by atoms with Gasteiger partial charge in [-0.1, -0.05) is 13.8 Å². The Morgan fingerprint density at radius 1 is 1.22 bits per heavy atom. The largest absolute Gasteiger partial charge is 0.368 e. The Bertz CT molecular complexity index is 395. The van der Waals surface area contributed by atoms with Crippen LogP contribution in [0.1, 0.15) is 57.7 Å². The van der Waals surface area contributed by atoms with Crippen LogP contribution in [0.5, 0.6) is 0 Å². The first-order valence-corrected chi connectivity index (χ1v) is 7.05. The van der Waals surface area contributed by atoms with Crippen molar-refractivity contribution in [2.75, 3.05) is 5.32 Å². The molecule has 0 atom stereocenters. The second-order valence-corrected chi connectivity index (χ2v) is 5.89. The molecule has 0 saturated heterocycles. The Kier molecular flexibility index (Phi) is 4.23. The van der Waals surface area contributed by atoms with E-state index in [1.807, 2.05) is 0 Å². The van der Waals surface area contributed by atoms with Crippen molar-refractivity contribution in [2.24, 2.45) is 0 Å². The van der Waals surface area contributed by atoms with Crippen LogP contribution in [0, 0.1) is 0 Å². The van der Waals surface area contributed by atoms with Crippen LogP contribution < -0.4 is 10.6 Å². The van der Waals surface area contributed by atoms with Crippen LogP contribution in [0.4, 0.5) is 5.82 Å². The van der Waals surface area contributed by atoms with Crippen LogP contribution in [-0.4, -0.2) is 17.1 Å². The summed E-state index contributed by atoms with van der Waals surface area (Å²) in [5.74, 6) is 1.47. The summed E-state index contributed by atoms with van der Waals surface area (Å²) in [7, 11) is 0. The molecule has 1 aliphatic carbocycles. The molecule has 1 fully saturated rings. The zero-order valence-corrected chi connectivity index (χ0v) is 12.0. The van der Waals surface area contributed by atoms with Gasteiger partial charge in [0.25, 0.3) is 0 Å². The maximum atomic E-state index is 4.68. The van der Waals surface area contributed by atoms with Gasteiger partial charge in [0.05, 0.1) is 0 Å². The fraction of sp³-hybridized carbons (Fsp3) is 0.667. The maximum Gasteiger partial charge on any atom is 0.126 e. The van der Waals surface area contributed by atoms with Gasteiger partial charge < -0.3 is 10.6 Å². The molecule has 2 N–H and O–H groups in total. The topological polar surface area (TPSA) is 37.0 Å². The Balaban J connectivity index is 2.12. The van der Waals surface area contributed by atoms with E-state index in [1.54, 1.807) is 0 Å². The van der Waals surface area contributed by atoms with Crippen molar-refractivity contribution in [3.05, 3.63) is 23.4 Å². The molecule has 0 unspecified atom stereocenters. The first-order chi connectivity index (χ1) is 8.54. The molecular formula is C15H25N3. The van der Waals surface area contributed by atoms with E-state index in [4.69, 9.17) is 0 Å². The highest BCUT2D eigenvalue weighted by atomic mass is 15.0. The Hall–Kier alpha value is -1.09. The molecule has 100 valence electrons. The lowest BCUT2D eigenvalue weighted by Crippen LogP contribution is -2.17. The van der Waals surface area contributed by atoms with E-state index in [0.717, 1.165) is 18.4 Å². The second-order valence-electron chi connectivity index (χ2n) is 5.89. The van der Waals surface area contributed by atoms with E-state index in [9.17, 15) is 0 Å². The fourth-order valence-electron chi connectivity index (χ4n) is 1.93. The van der Waals surface area contributed by atoms with Crippen LogP contribution in [0.2, 0.25) is 0 Å². The monoisotopic (exact) mass is 247 g/mol. The van der Waals surface area contributed by atoms with E-state index >= 15 is 0 Å². The number of anilines is 1. The number of hydrogen-bond acceptors (Lipinski definition) is 3. The molecule has 0 radical (unpaired) electrons. The van der Waals surface area contributed by atoms with Gasteiger partial charge in [-0.05, 0) is 50.3 Å². The Morgan fingerprint density at radius 3 is 2.50 bits per heavy atom. The van der Waals surface area contributed by atoms with Gasteiger partial charge in [-0.3, -0.25) is 0 Å². The number of nitrogens with one attached hydrogen (secondary N) is 2. The Morgan fingerprint density at radius 2 is 1.94 bits per heavy atom. The number of pyridine rings is 1. The van der Waals surface area contributed by atoms with Gasteiger partial charge in [0, 0.05) is 24.3 Å². The van der Waals surface area contributed by atoms with Crippen molar-refractivity contribution in [3.8, 4) is 0 Å². The minimum Gasteiger partial charge on any atom is -0.368 e. The number of hydrogen-bond donors (Lipinski definition) is 2. The summed E-state index contributed by atoms with van der Waals surface area (Å²) in [6.45, 7) is 9.64. The van der Waals surface area contributed by atoms with Crippen LogP contribution in [0.3, 0.4) is 0 Å². The summed E-state index contributed by atoms with van der Waals surface area (Å²) < 4.78 is 0. The number of nitrogens with zero attached hydrogens (tertiary/aromatic N) is 1. The van der Waals surface area contributed by atoms with Gasteiger partial charge in [0.2, 0.25) is 0 Å². The van der Waals surface area contributed by atoms with Crippen LogP contribution in [0.25, 0.3) is 0 Å². The summed E-state index contributed by atoms with van der Waals surface area (Å²) >= 11 is 0. The third-order valence-electron chi connectivity index (χ3n) is 3.11. The molecule has 1 saturated carbocycles. The molecule has 2 rings (SSSR count). The predicted molar refractivity (Wildman–Crippen MR) is 76.9 cm³/mol. The molecule has 1 aromatic heterocycles. The zero-order valence-electron chi connectivity index (χ0n) is 12.0. The average Bonchev–Trinajstić information content (AvgIpc) is 3.08. The molecular weight excluding hydrogens is 222 g/mol. The van der Waals surface area contributed by atoms with Crippen LogP contribution in [-0.2, 0) is 6.54 Å². The quantitative estimate of drug-likeness (QED) is 0.810. The van der Waals surface area contributed by atoms with E-state index in [1.165, 1.54) is 24.1 Å². The molecule has 0 aromatic carbocycles. The van der Waals surface area contributed by atoms with Crippen molar-refractivity contribution < 1.29 is 0 Å². The second kappa shape index (κ2) is 5.70. The minimum absolute atomic E-state index is 0.421. The van der Waals surface area contributed by atoms with Gasteiger partial charge in [-0.15, -0.1) is 0 Å². The van der Waals surface area contributed by atoms with Crippen LogP contribution >= 0.6 is 0 Å². The predicted octanol–water partition coefficient (Wildman–Crippen LogP) is 3.28. The number of rotatable bonds is 6. The SMILES string of the molecule is CC(C)Nc1cc(CNC2CC2)cc(C(C)C)n1. The zero-order chi connectivity index (χ0) is 13.1. The first kappa shape index (κ1) is 13.3. The van der Waals surface area contributed by atoms with E-state index in [0.29, 0.717) is 12.0 Å². The smallest absolute Gasteiger partial charge is 0.126 e. The lowest BCUT2D eigenvalue weighted by molar-refractivity contribution is 0.684. The summed E-state index contributed by atoms with van der Waals surface area (Å²) in [6.07, 6.45) is 2.67. The van der Waals surface area contributed by atoms with Gasteiger partial charge in [-0.2, -0.15) is 0 Å². The van der Waals surface area contributed by atoms with Crippen LogP contribution in [0.15, 0.2) is 12.1 Å². The molecule has 3 heteroatoms. The van der Waals surface area contributed by atoms with Gasteiger partial charge >= 0.3 is 0 Å². The van der Waals surface area contributed by atoms with E-state index in [2.05, 4.69) is 55.4 Å². The van der Waals surface area contributed by atoms with Crippen molar-refractivity contribution in [3.63, 3.8) is 0 Å². The fourth-order valence-corrected chi connectivity index (χ4v) is 1.93. The Labute approximate surface area is 110 Å². The normalized spacial score (nSPS) is 15.4. The van der Waals surface area contributed by atoms with E-state index < -0.39 is 0 Å². The van der Waals surface area contributed by atoms with Crippen molar-refractivity contribution in [2.45, 2.75) is 65.1 Å². The lowest BCUT2D eigenvalue weighted by Gasteiger charge is -2.14. The molecule has 18 heavy (non-hydrogen) atoms. The third-order valence-corrected chi connectivity index (χ3v) is 3.11. The molecule has 0 spiro atoms. The first-order valence-electron chi connectivity index (χ1n) is 7.05. The maximum absolute atomic E-state index is 4.68. The highest BCUT2D eigenvalue weighted by Crippen LogP contribution is 2.21. The summed E-state index contributed by atoms with van der Waals surface area (Å²) in [6, 6.07) is 5.57. The van der Waals surface area contributed by atoms with Crippen molar-refractivity contribution >= 4 is 5.82 Å². The van der Waals surface area contributed by atoms with Gasteiger partial charge in [0.15, 0.2) is 0 Å². The average molecular weight is 247 g/mol. The van der Waals surface area contributed by atoms with Crippen molar-refractivity contribution in [1.82, 2.24) is 10.3 Å². The van der Waals surface area contributed by atoms with Gasteiger partial charge in [0.1, 0.15) is 5.82 Å². The molecule has 3 nitrogen and oxygen atoms in total. The molecule has 1 heterocycles. The lowest BCUT2D eigenvalue weighted by atomic mass is 10.1. The van der Waals surface area contributed by atoms with E-state index in [-0.39, 0.29) is 0 Å². The minimum atomic E-state index is 0.421.